The number of likely N-dealkylation sites (N-methyl/N-ethyl adjacent to an activating group) is 2. The molecule has 6 aliphatic heterocycles. The van der Waals surface area contributed by atoms with Crippen LogP contribution < -0.4 is 5.73 Å². The van der Waals surface area contributed by atoms with Crippen molar-refractivity contribution >= 4 is 17.7 Å². The highest BCUT2D eigenvalue weighted by Gasteiger charge is 2.58. The lowest BCUT2D eigenvalue weighted by molar-refractivity contribution is -0.320. The molecular formula is C75H137N3O25. The molecule has 0 bridgehead atoms. The maximum Gasteiger partial charge on any atom is 0.311 e. The lowest BCUT2D eigenvalue weighted by Gasteiger charge is -2.50. The van der Waals surface area contributed by atoms with Gasteiger partial charge in [0.2, 0.25) is 0 Å². The number of nitrogens with two attached hydrogens (primary N) is 1. The zero-order valence-corrected chi connectivity index (χ0v) is 66.5. The van der Waals surface area contributed by atoms with E-state index >= 15 is 0 Å². The molecule has 0 aromatic rings. The Kier molecular flexibility index (Phi) is 31.1. The minimum Gasteiger partial charge on any atom is -0.459 e. The van der Waals surface area contributed by atoms with Gasteiger partial charge in [-0.15, -0.1) is 0 Å². The summed E-state index contributed by atoms with van der Waals surface area (Å²) in [5.74, 6) is -9.35. The number of aliphatic hydroxyl groups is 9. The zero-order chi connectivity index (χ0) is 78.0. The smallest absolute Gasteiger partial charge is 0.311 e. The van der Waals surface area contributed by atoms with Crippen molar-refractivity contribution in [3.63, 3.8) is 0 Å². The number of carbonyl (C=O) groups is 3. The van der Waals surface area contributed by atoms with Crippen molar-refractivity contribution in [1.29, 1.82) is 0 Å². The predicted molar refractivity (Wildman–Crippen MR) is 378 cm³/mol. The molecule has 37 atom stereocenters. The molecule has 11 N–H and O–H groups in total. The number of aliphatic hydroxyl groups excluding tert-OH is 6. The van der Waals surface area contributed by atoms with E-state index in [1.807, 2.05) is 44.7 Å². The van der Waals surface area contributed by atoms with Crippen LogP contribution in [0.3, 0.4) is 0 Å². The van der Waals surface area contributed by atoms with E-state index in [2.05, 4.69) is 0 Å². The van der Waals surface area contributed by atoms with E-state index in [1.165, 1.54) is 42.1 Å². The average molecular weight is 1480 g/mol. The molecule has 0 aliphatic carbocycles. The molecular weight excluding hydrogens is 1340 g/mol. The van der Waals surface area contributed by atoms with Crippen LogP contribution in [0.1, 0.15) is 190 Å². The Hall–Kier alpha value is -2.31. The Morgan fingerprint density at radius 3 is 1.25 bits per heavy atom. The lowest BCUT2D eigenvalue weighted by Crippen LogP contribution is -2.62. The second kappa shape index (κ2) is 35.8. The van der Waals surface area contributed by atoms with Crippen LogP contribution in [0, 0.1) is 47.3 Å². The summed E-state index contributed by atoms with van der Waals surface area (Å²) >= 11 is 0. The van der Waals surface area contributed by atoms with Crippen LogP contribution in [0.25, 0.3) is 0 Å². The maximum absolute atomic E-state index is 14.7. The van der Waals surface area contributed by atoms with E-state index in [-0.39, 0.29) is 38.5 Å². The molecule has 0 saturated carbocycles. The Balaban J connectivity index is 1.31. The summed E-state index contributed by atoms with van der Waals surface area (Å²) in [7, 11) is 8.16. The van der Waals surface area contributed by atoms with Crippen LogP contribution in [-0.4, -0.2) is 297 Å². The van der Waals surface area contributed by atoms with E-state index in [0.717, 1.165) is 0 Å². The van der Waals surface area contributed by atoms with Crippen molar-refractivity contribution in [3.05, 3.63) is 0 Å². The van der Waals surface area contributed by atoms with Gasteiger partial charge in [-0.05, 0) is 142 Å². The summed E-state index contributed by atoms with van der Waals surface area (Å²) in [4.78, 5) is 47.9. The van der Waals surface area contributed by atoms with Gasteiger partial charge in [-0.3, -0.25) is 24.2 Å². The third kappa shape index (κ3) is 19.7. The number of methoxy groups -OCH3 is 3. The van der Waals surface area contributed by atoms with Crippen molar-refractivity contribution in [3.8, 4) is 0 Å². The van der Waals surface area contributed by atoms with Gasteiger partial charge in [0.15, 0.2) is 25.2 Å². The number of Topliss-reactive ketones (excluding diaryl/α,β-unsaturated/α-hetero) is 1. The third-order valence-electron chi connectivity index (χ3n) is 25.1. The lowest BCUT2D eigenvalue weighted by atomic mass is 9.72. The first-order valence-electron chi connectivity index (χ1n) is 37.8. The Morgan fingerprint density at radius 1 is 0.485 bits per heavy atom. The monoisotopic (exact) mass is 1480 g/mol. The van der Waals surface area contributed by atoms with Crippen LogP contribution in [0.2, 0.25) is 0 Å². The Labute approximate surface area is 613 Å². The molecule has 6 saturated heterocycles. The van der Waals surface area contributed by atoms with Gasteiger partial charge in [-0.25, -0.2) is 0 Å². The number of nitrogens with zero attached hydrogens (tertiary/aromatic N) is 2. The van der Waals surface area contributed by atoms with Crippen molar-refractivity contribution in [2.24, 2.45) is 53.1 Å². The van der Waals surface area contributed by atoms with Crippen molar-refractivity contribution in [1.82, 2.24) is 9.80 Å². The fraction of sp³-hybridized carbons (Fsp3) is 0.960. The predicted octanol–water partition coefficient (Wildman–Crippen LogP) is 3.74. The fourth-order valence-corrected chi connectivity index (χ4v) is 17.7. The van der Waals surface area contributed by atoms with E-state index < -0.39 is 240 Å². The standard InChI is InChI=1S/C75H137N3O25/c1-26-50-74(19,89)60(82)40(7)54(76)36(3)32-70(15,88)64(42(9)58(44(11)66(86)98-50)100-52-34-71(16,91-23)62(84)46(13)96-52)102-68-56(80)48(30-38(5)94-68)77(21)28-29-78(22)49-31-39(6)95-69(57(49)81)103-65-43(10)59(101-53-35-72(17,92-24)63(85)47(14)97-53)45(12)67(87)99-51(27-2)75(20,90)61(83)41(8)55(79)37(4)33-73(65,18)93-25/h36-54,56-65,68-69,80-85,88-90H,26-35,76H2,1-25H3/t36-,37-,38?,39?,40+,41+,42+,43+,44-,45-,46?,47?,48?,49?,50-,51-,52?,53?,54+,56?,57?,58+,59+,60-,61-,62?,63?,64-,65-,68?,69?,70+,71?,72?,73+,74-,75-/m1/s1. The number of rotatable bonds is 18. The van der Waals surface area contributed by atoms with Crippen molar-refractivity contribution in [2.75, 3.05) is 48.5 Å². The molecule has 0 radical (unpaired) electrons. The molecule has 6 fully saturated rings. The first-order chi connectivity index (χ1) is 47.6. The molecule has 0 amide bonds. The molecule has 28 nitrogen and oxygen atoms in total. The number of ketones is 1. The van der Waals surface area contributed by atoms with Gasteiger partial charge in [-0.1, -0.05) is 55.4 Å². The maximum atomic E-state index is 14.7. The highest BCUT2D eigenvalue weighted by molar-refractivity contribution is 5.83. The zero-order valence-electron chi connectivity index (χ0n) is 66.5. The number of carbonyl (C=O) groups excluding carboxylic acids is 3. The Bertz CT molecular complexity index is 2700. The quantitative estimate of drug-likeness (QED) is 0.0874. The van der Waals surface area contributed by atoms with E-state index in [4.69, 9.17) is 67.3 Å². The number of hydrogen-bond donors (Lipinski definition) is 10. The second-order valence-electron chi connectivity index (χ2n) is 33.5. The molecule has 0 aromatic carbocycles. The Morgan fingerprint density at radius 2 is 0.864 bits per heavy atom. The molecule has 0 aromatic heterocycles. The fourth-order valence-electron chi connectivity index (χ4n) is 17.7. The molecule has 6 aliphatic rings. The second-order valence-corrected chi connectivity index (χ2v) is 33.5. The van der Waals surface area contributed by atoms with Crippen molar-refractivity contribution in [2.45, 2.75) is 364 Å². The third-order valence-corrected chi connectivity index (χ3v) is 25.1. The molecule has 6 heterocycles. The van der Waals surface area contributed by atoms with E-state index in [0.29, 0.717) is 25.9 Å². The largest absolute Gasteiger partial charge is 0.459 e. The van der Waals surface area contributed by atoms with Gasteiger partial charge < -0.3 is 113 Å². The molecule has 0 spiro atoms. The molecule has 6 rings (SSSR count). The van der Waals surface area contributed by atoms with Gasteiger partial charge in [0.1, 0.15) is 53.6 Å². The normalized spacial score (nSPS) is 50.3. The summed E-state index contributed by atoms with van der Waals surface area (Å²) < 4.78 is 84.0. The number of esters is 2. The summed E-state index contributed by atoms with van der Waals surface area (Å²) in [6, 6.07) is -2.04. The molecule has 103 heavy (non-hydrogen) atoms. The minimum atomic E-state index is -2.06. The summed E-state index contributed by atoms with van der Waals surface area (Å²) in [6.45, 7) is 34.3. The van der Waals surface area contributed by atoms with Crippen molar-refractivity contribution < 1.29 is 122 Å². The highest BCUT2D eigenvalue weighted by Crippen LogP contribution is 2.45. The number of ether oxygens (including phenoxy) is 13. The minimum absolute atomic E-state index is 0.00876. The van der Waals surface area contributed by atoms with E-state index in [1.54, 1.807) is 96.9 Å². The summed E-state index contributed by atoms with van der Waals surface area (Å²) in [5, 5.41) is 109. The van der Waals surface area contributed by atoms with E-state index in [9.17, 15) is 60.3 Å². The van der Waals surface area contributed by atoms with Crippen LogP contribution >= 0.6 is 0 Å². The molecule has 28 heteroatoms. The van der Waals surface area contributed by atoms with Gasteiger partial charge in [-0.2, -0.15) is 0 Å². The number of hydrogen-bond acceptors (Lipinski definition) is 28. The highest BCUT2D eigenvalue weighted by atomic mass is 16.7. The molecule has 16 unspecified atom stereocenters. The van der Waals surface area contributed by atoms with Gasteiger partial charge in [0.05, 0.1) is 95.3 Å². The van der Waals surface area contributed by atoms with Gasteiger partial charge in [0, 0.05) is 95.0 Å². The van der Waals surface area contributed by atoms with Gasteiger partial charge in [0.25, 0.3) is 0 Å². The van der Waals surface area contributed by atoms with Crippen LogP contribution in [0.4, 0.5) is 0 Å². The summed E-state index contributed by atoms with van der Waals surface area (Å²) in [5.41, 5.74) is -2.61. The first-order valence-corrected chi connectivity index (χ1v) is 37.8. The molecule has 602 valence electrons. The van der Waals surface area contributed by atoms with Crippen LogP contribution in [-0.2, 0) is 76.0 Å². The first kappa shape index (κ1) is 89.6. The number of cyclic esters (lactones) is 2. The van der Waals surface area contributed by atoms with Gasteiger partial charge >= 0.3 is 11.9 Å². The topological polar surface area (TPSA) is 386 Å². The van der Waals surface area contributed by atoms with Crippen LogP contribution in [0.15, 0.2) is 0 Å². The summed E-state index contributed by atoms with van der Waals surface area (Å²) in [6.07, 6.45) is -21.6. The average Bonchev–Trinajstić information content (AvgIpc) is 0.779. The SMILES string of the molecule is CC[C@H]1OC(=O)[C@H](C)[C@@H](OC2CC(C)(OC)C(O)C(C)O2)[C@H](C)[C@@H](OC2OC(C)CC(N(C)CCN(C)C3CC(C)OC(O[C@@H]4[C@@H](C)[C@H](OC5CC(C)(OC)C(O)C(C)O5)[C@@H](C)C(=O)O[C@H](CC)[C@@](C)(O)[C@H](O)[C@@H](C)C(=O)[C@H](C)C[C@]4(C)OC)C3O)C2O)[C@@](C)(O)C[C@@H](C)[C@H](N)[C@H](C)[C@@H](O)[C@]1(C)O. The van der Waals surface area contributed by atoms with Crippen LogP contribution in [0.5, 0.6) is 0 Å².